The lowest BCUT2D eigenvalue weighted by atomic mass is 10.1. The Balaban J connectivity index is 2.30. The predicted octanol–water partition coefficient (Wildman–Crippen LogP) is 1.20. The van der Waals surface area contributed by atoms with Crippen LogP contribution in [0.15, 0.2) is 36.7 Å². The number of hydrogen-bond acceptors (Lipinski definition) is 4. The monoisotopic (exact) mass is 288 g/mol. The summed E-state index contributed by atoms with van der Waals surface area (Å²) in [6.07, 6.45) is 3.21. The number of aromatic nitrogens is 3. The molecule has 0 saturated heterocycles. The minimum Gasteiger partial charge on any atom is -0.480 e. The van der Waals surface area contributed by atoms with Crippen LogP contribution in [0.3, 0.4) is 0 Å². The highest BCUT2D eigenvalue weighted by Gasteiger charge is 2.21. The Bertz CT molecular complexity index is 637. The number of hydrogen-bond donors (Lipinski definition) is 1. The summed E-state index contributed by atoms with van der Waals surface area (Å²) in [5.74, 6) is -1.36. The number of rotatable bonds is 5. The summed E-state index contributed by atoms with van der Waals surface area (Å²) in [5, 5.41) is 16.5. The molecule has 0 fully saturated rings. The van der Waals surface area contributed by atoms with E-state index in [1.165, 1.54) is 9.58 Å². The molecule has 7 heteroatoms. The van der Waals surface area contributed by atoms with Gasteiger partial charge in [-0.1, -0.05) is 11.3 Å². The van der Waals surface area contributed by atoms with Crippen LogP contribution in [-0.4, -0.2) is 49.5 Å². The number of carboxylic acids is 1. The van der Waals surface area contributed by atoms with Crippen LogP contribution in [0.1, 0.15) is 24.2 Å². The minimum atomic E-state index is -1.04. The van der Waals surface area contributed by atoms with E-state index < -0.39 is 5.97 Å². The third kappa shape index (κ3) is 3.44. The van der Waals surface area contributed by atoms with Crippen molar-refractivity contribution >= 4 is 11.9 Å². The average molecular weight is 288 g/mol. The van der Waals surface area contributed by atoms with E-state index in [-0.39, 0.29) is 18.5 Å². The van der Waals surface area contributed by atoms with Gasteiger partial charge in [0.1, 0.15) is 6.54 Å². The SMILES string of the molecule is CC(C)N(CC(=O)O)C(=O)c1cccc(-n2ccnn2)c1. The lowest BCUT2D eigenvalue weighted by Gasteiger charge is -2.25. The highest BCUT2D eigenvalue weighted by molar-refractivity contribution is 5.96. The first-order valence-electron chi connectivity index (χ1n) is 6.48. The van der Waals surface area contributed by atoms with Gasteiger partial charge in [-0.3, -0.25) is 9.59 Å². The number of carbonyl (C=O) groups excluding carboxylic acids is 1. The summed E-state index contributed by atoms with van der Waals surface area (Å²) in [5.41, 5.74) is 1.11. The molecule has 110 valence electrons. The number of carbonyl (C=O) groups is 2. The second-order valence-electron chi connectivity index (χ2n) is 4.82. The van der Waals surface area contributed by atoms with Crippen molar-refractivity contribution in [3.8, 4) is 5.69 Å². The molecule has 1 aromatic carbocycles. The summed E-state index contributed by atoms with van der Waals surface area (Å²) in [6, 6.07) is 6.63. The van der Waals surface area contributed by atoms with Crippen LogP contribution in [0.4, 0.5) is 0 Å². The Morgan fingerprint density at radius 1 is 1.38 bits per heavy atom. The molecule has 0 aliphatic heterocycles. The van der Waals surface area contributed by atoms with Crippen molar-refractivity contribution in [2.75, 3.05) is 6.54 Å². The molecule has 0 unspecified atom stereocenters. The Morgan fingerprint density at radius 3 is 2.71 bits per heavy atom. The highest BCUT2D eigenvalue weighted by atomic mass is 16.4. The fraction of sp³-hybridized carbons (Fsp3) is 0.286. The van der Waals surface area contributed by atoms with Gasteiger partial charge in [-0.25, -0.2) is 4.68 Å². The fourth-order valence-electron chi connectivity index (χ4n) is 1.93. The molecule has 2 rings (SSSR count). The molecule has 0 bridgehead atoms. The van der Waals surface area contributed by atoms with Gasteiger partial charge in [0.2, 0.25) is 0 Å². The summed E-state index contributed by atoms with van der Waals surface area (Å²) >= 11 is 0. The van der Waals surface area contributed by atoms with Crippen molar-refractivity contribution in [2.24, 2.45) is 0 Å². The number of carboxylic acid groups (broad SMARTS) is 1. The van der Waals surface area contributed by atoms with Crippen LogP contribution in [0.2, 0.25) is 0 Å². The van der Waals surface area contributed by atoms with E-state index in [0.29, 0.717) is 11.3 Å². The molecule has 0 atom stereocenters. The van der Waals surface area contributed by atoms with Gasteiger partial charge in [-0.2, -0.15) is 0 Å². The molecule has 1 heterocycles. The Hall–Kier alpha value is -2.70. The van der Waals surface area contributed by atoms with Gasteiger partial charge in [-0.05, 0) is 32.0 Å². The smallest absolute Gasteiger partial charge is 0.323 e. The van der Waals surface area contributed by atoms with Crippen molar-refractivity contribution < 1.29 is 14.7 Å². The second-order valence-corrected chi connectivity index (χ2v) is 4.82. The molecule has 1 N–H and O–H groups in total. The van der Waals surface area contributed by atoms with Crippen LogP contribution >= 0.6 is 0 Å². The van der Waals surface area contributed by atoms with E-state index in [1.54, 1.807) is 50.5 Å². The number of amides is 1. The first-order chi connectivity index (χ1) is 9.99. The van der Waals surface area contributed by atoms with Gasteiger partial charge in [0.25, 0.3) is 5.91 Å². The first-order valence-corrected chi connectivity index (χ1v) is 6.48. The van der Waals surface area contributed by atoms with Crippen molar-refractivity contribution in [2.45, 2.75) is 19.9 Å². The quantitative estimate of drug-likeness (QED) is 0.893. The van der Waals surface area contributed by atoms with E-state index in [2.05, 4.69) is 10.3 Å². The van der Waals surface area contributed by atoms with Crippen molar-refractivity contribution in [3.05, 3.63) is 42.2 Å². The topological polar surface area (TPSA) is 88.3 Å². The molecule has 0 radical (unpaired) electrons. The van der Waals surface area contributed by atoms with E-state index in [4.69, 9.17) is 5.11 Å². The lowest BCUT2D eigenvalue weighted by molar-refractivity contribution is -0.138. The van der Waals surface area contributed by atoms with Gasteiger partial charge in [0, 0.05) is 11.6 Å². The van der Waals surface area contributed by atoms with E-state index in [1.807, 2.05) is 0 Å². The van der Waals surface area contributed by atoms with Gasteiger partial charge in [-0.15, -0.1) is 5.10 Å². The fourth-order valence-corrected chi connectivity index (χ4v) is 1.93. The largest absolute Gasteiger partial charge is 0.480 e. The molecule has 1 amide bonds. The predicted molar refractivity (Wildman–Crippen MR) is 75.2 cm³/mol. The maximum Gasteiger partial charge on any atom is 0.323 e. The first kappa shape index (κ1) is 14.7. The van der Waals surface area contributed by atoms with Gasteiger partial charge in [0.05, 0.1) is 18.1 Å². The molecule has 1 aromatic heterocycles. The molecular formula is C14H16N4O3. The van der Waals surface area contributed by atoms with Crippen molar-refractivity contribution in [3.63, 3.8) is 0 Å². The van der Waals surface area contributed by atoms with Gasteiger partial charge >= 0.3 is 5.97 Å². The van der Waals surface area contributed by atoms with Crippen molar-refractivity contribution in [1.29, 1.82) is 0 Å². The third-order valence-electron chi connectivity index (χ3n) is 2.97. The van der Waals surface area contributed by atoms with Crippen molar-refractivity contribution in [1.82, 2.24) is 19.9 Å². The van der Waals surface area contributed by atoms with Crippen LogP contribution < -0.4 is 0 Å². The molecule has 0 aliphatic carbocycles. The molecule has 21 heavy (non-hydrogen) atoms. The zero-order chi connectivity index (χ0) is 15.4. The number of nitrogens with zero attached hydrogens (tertiary/aromatic N) is 4. The average Bonchev–Trinajstić information content (AvgIpc) is 2.98. The molecule has 0 saturated carbocycles. The van der Waals surface area contributed by atoms with Crippen LogP contribution in [0, 0.1) is 0 Å². The zero-order valence-corrected chi connectivity index (χ0v) is 11.8. The summed E-state index contributed by atoms with van der Waals surface area (Å²) in [7, 11) is 0. The summed E-state index contributed by atoms with van der Waals surface area (Å²) in [6.45, 7) is 3.23. The molecular weight excluding hydrogens is 272 g/mol. The number of aliphatic carboxylic acids is 1. The van der Waals surface area contributed by atoms with E-state index in [0.717, 1.165) is 0 Å². The zero-order valence-electron chi connectivity index (χ0n) is 11.8. The summed E-state index contributed by atoms with van der Waals surface area (Å²) < 4.78 is 1.54. The Morgan fingerprint density at radius 2 is 2.14 bits per heavy atom. The van der Waals surface area contributed by atoms with E-state index >= 15 is 0 Å². The third-order valence-corrected chi connectivity index (χ3v) is 2.97. The lowest BCUT2D eigenvalue weighted by Crippen LogP contribution is -2.40. The van der Waals surface area contributed by atoms with Crippen LogP contribution in [-0.2, 0) is 4.79 Å². The second kappa shape index (κ2) is 6.17. The minimum absolute atomic E-state index is 0.205. The maximum absolute atomic E-state index is 12.5. The van der Waals surface area contributed by atoms with Gasteiger partial charge in [0.15, 0.2) is 0 Å². The molecule has 0 spiro atoms. The molecule has 7 nitrogen and oxygen atoms in total. The standard InChI is InChI=1S/C14H16N4O3/c1-10(2)17(9-13(19)20)14(21)11-4-3-5-12(8-11)18-7-6-15-16-18/h3-8,10H,9H2,1-2H3,(H,19,20). The maximum atomic E-state index is 12.5. The summed E-state index contributed by atoms with van der Waals surface area (Å²) in [4.78, 5) is 24.7. The normalized spacial score (nSPS) is 10.6. The van der Waals surface area contributed by atoms with Gasteiger partial charge < -0.3 is 10.0 Å². The Kier molecular flexibility index (Phi) is 4.32. The van der Waals surface area contributed by atoms with Crippen LogP contribution in [0.5, 0.6) is 0 Å². The van der Waals surface area contributed by atoms with E-state index in [9.17, 15) is 9.59 Å². The molecule has 2 aromatic rings. The Labute approximate surface area is 121 Å². The highest BCUT2D eigenvalue weighted by Crippen LogP contribution is 2.13. The molecule has 0 aliphatic rings. The number of benzene rings is 1. The van der Waals surface area contributed by atoms with Crippen LogP contribution in [0.25, 0.3) is 5.69 Å².